The second-order valence-corrected chi connectivity index (χ2v) is 5.29. The molecule has 1 amide bonds. The van der Waals surface area contributed by atoms with E-state index in [0.29, 0.717) is 6.42 Å². The van der Waals surface area contributed by atoms with E-state index in [0.717, 1.165) is 0 Å². The first-order valence-corrected chi connectivity index (χ1v) is 5.89. The molecule has 0 aliphatic carbocycles. The summed E-state index contributed by atoms with van der Waals surface area (Å²) in [5, 5.41) is 8.82. The van der Waals surface area contributed by atoms with E-state index in [4.69, 9.17) is 9.84 Å². The van der Waals surface area contributed by atoms with Crippen molar-refractivity contribution in [1.29, 1.82) is 0 Å². The van der Waals surface area contributed by atoms with Crippen LogP contribution in [-0.2, 0) is 19.1 Å². The summed E-state index contributed by atoms with van der Waals surface area (Å²) in [5.41, 5.74) is -0.629. The van der Waals surface area contributed by atoms with Gasteiger partial charge < -0.3 is 14.7 Å². The zero-order valence-corrected chi connectivity index (χ0v) is 10.9. The first-order chi connectivity index (χ1) is 8.24. The number of likely N-dealkylation sites (tertiary alicyclic amines) is 1. The van der Waals surface area contributed by atoms with Gasteiger partial charge >= 0.3 is 5.97 Å². The molecule has 18 heavy (non-hydrogen) atoms. The Morgan fingerprint density at radius 2 is 2.06 bits per heavy atom. The lowest BCUT2D eigenvalue weighted by Crippen LogP contribution is -2.44. The van der Waals surface area contributed by atoms with E-state index in [1.54, 1.807) is 20.8 Å². The van der Waals surface area contributed by atoms with Crippen LogP contribution < -0.4 is 0 Å². The molecular weight excluding hydrogens is 238 g/mol. The molecule has 1 aliphatic heterocycles. The van der Waals surface area contributed by atoms with E-state index in [1.165, 1.54) is 4.90 Å². The maximum absolute atomic E-state index is 11.6. The molecule has 1 N–H and O–H groups in total. The second kappa shape index (κ2) is 5.48. The fourth-order valence-electron chi connectivity index (χ4n) is 1.88. The number of carbonyl (C=O) groups excluding carboxylic acids is 3. The number of aliphatic hydroxyl groups excluding tert-OH is 1. The van der Waals surface area contributed by atoms with Crippen molar-refractivity contribution in [1.82, 2.24) is 4.90 Å². The Bertz CT molecular complexity index is 358. The van der Waals surface area contributed by atoms with Crippen LogP contribution in [0.4, 0.5) is 0 Å². The van der Waals surface area contributed by atoms with Crippen molar-refractivity contribution in [3.63, 3.8) is 0 Å². The van der Waals surface area contributed by atoms with Crippen molar-refractivity contribution in [3.05, 3.63) is 0 Å². The summed E-state index contributed by atoms with van der Waals surface area (Å²) in [5.74, 6) is -1.24. The number of ketones is 1. The number of aliphatic hydroxyl groups is 1. The number of carbonyl (C=O) groups is 3. The molecule has 1 heterocycles. The average Bonchev–Trinajstić information content (AvgIpc) is 2.57. The van der Waals surface area contributed by atoms with E-state index < -0.39 is 30.0 Å². The highest BCUT2D eigenvalue weighted by Crippen LogP contribution is 2.20. The Balaban J connectivity index is 2.65. The minimum Gasteiger partial charge on any atom is -0.459 e. The first-order valence-electron chi connectivity index (χ1n) is 5.89. The third kappa shape index (κ3) is 3.80. The second-order valence-electron chi connectivity index (χ2n) is 5.29. The number of Topliss-reactive ketones (excluding diaryl/α,β-unsaturated/α-hetero) is 1. The van der Waals surface area contributed by atoms with E-state index in [-0.39, 0.29) is 18.9 Å². The summed E-state index contributed by atoms with van der Waals surface area (Å²) in [6.45, 7) is 4.32. The van der Waals surface area contributed by atoms with Gasteiger partial charge in [0.05, 0.1) is 6.04 Å². The van der Waals surface area contributed by atoms with E-state index >= 15 is 0 Å². The number of esters is 1. The maximum Gasteiger partial charge on any atom is 0.326 e. The number of ether oxygens (including phenoxy) is 1. The van der Waals surface area contributed by atoms with Gasteiger partial charge in [-0.25, -0.2) is 0 Å². The third-order valence-electron chi connectivity index (χ3n) is 2.58. The molecule has 0 aromatic rings. The molecule has 0 aromatic heterocycles. The highest BCUT2D eigenvalue weighted by molar-refractivity contribution is 5.94. The van der Waals surface area contributed by atoms with Crippen molar-refractivity contribution in [2.24, 2.45) is 0 Å². The topological polar surface area (TPSA) is 83.9 Å². The number of rotatable bonds is 4. The predicted molar refractivity (Wildman–Crippen MR) is 62.7 cm³/mol. The van der Waals surface area contributed by atoms with Crippen LogP contribution in [0.25, 0.3) is 0 Å². The average molecular weight is 257 g/mol. The van der Waals surface area contributed by atoms with E-state index in [1.807, 2.05) is 0 Å². The molecule has 6 heteroatoms. The zero-order chi connectivity index (χ0) is 13.9. The molecule has 1 atom stereocenters. The minimum atomic E-state index is -0.699. The van der Waals surface area contributed by atoms with Crippen molar-refractivity contribution in [2.75, 3.05) is 13.2 Å². The van der Waals surface area contributed by atoms with E-state index in [2.05, 4.69) is 0 Å². The molecule has 1 rings (SSSR count). The van der Waals surface area contributed by atoms with Crippen LogP contribution in [0.5, 0.6) is 0 Å². The summed E-state index contributed by atoms with van der Waals surface area (Å²) in [7, 11) is 0. The molecule has 0 saturated carbocycles. The number of amides is 1. The summed E-state index contributed by atoms with van der Waals surface area (Å²) in [4.78, 5) is 35.8. The van der Waals surface area contributed by atoms with E-state index in [9.17, 15) is 14.4 Å². The molecule has 102 valence electrons. The van der Waals surface area contributed by atoms with Crippen molar-refractivity contribution in [2.45, 2.75) is 45.3 Å². The summed E-state index contributed by atoms with van der Waals surface area (Å²) < 4.78 is 5.10. The summed E-state index contributed by atoms with van der Waals surface area (Å²) in [6, 6.07) is -0.699. The lowest BCUT2D eigenvalue weighted by Gasteiger charge is -2.25. The van der Waals surface area contributed by atoms with Gasteiger partial charge in [0.15, 0.2) is 5.78 Å². The fourth-order valence-corrected chi connectivity index (χ4v) is 1.88. The summed E-state index contributed by atoms with van der Waals surface area (Å²) >= 11 is 0. The number of nitrogens with zero attached hydrogens (tertiary/aromatic N) is 1. The highest BCUT2D eigenvalue weighted by atomic mass is 16.6. The molecule has 0 aromatic carbocycles. The van der Waals surface area contributed by atoms with Crippen LogP contribution in [0.3, 0.4) is 0 Å². The number of hydrogen-bond acceptors (Lipinski definition) is 5. The van der Waals surface area contributed by atoms with Gasteiger partial charge in [-0.1, -0.05) is 0 Å². The van der Waals surface area contributed by atoms with Gasteiger partial charge in [0.2, 0.25) is 5.91 Å². The molecule has 0 bridgehead atoms. The Hall–Kier alpha value is -1.43. The van der Waals surface area contributed by atoms with Crippen LogP contribution >= 0.6 is 0 Å². The molecule has 0 unspecified atom stereocenters. The Labute approximate surface area is 106 Å². The van der Waals surface area contributed by atoms with Crippen LogP contribution in [0.15, 0.2) is 0 Å². The monoisotopic (exact) mass is 257 g/mol. The third-order valence-corrected chi connectivity index (χ3v) is 2.58. The quantitative estimate of drug-likeness (QED) is 0.710. The summed E-state index contributed by atoms with van der Waals surface area (Å²) in [6.07, 6.45) is 0.570. The van der Waals surface area contributed by atoms with Gasteiger partial charge in [-0.3, -0.25) is 14.4 Å². The van der Waals surface area contributed by atoms with Gasteiger partial charge in [-0.05, 0) is 27.2 Å². The van der Waals surface area contributed by atoms with Crippen molar-refractivity contribution in [3.8, 4) is 0 Å². The SMILES string of the molecule is CC(C)(C)OC(=O)CN1C(=O)CC[C@H]1C(=O)CO. The molecular formula is C12H19NO5. The van der Waals surface area contributed by atoms with Crippen LogP contribution in [0, 0.1) is 0 Å². The van der Waals surface area contributed by atoms with Gasteiger partial charge in [0.25, 0.3) is 0 Å². The normalized spacial score (nSPS) is 20.1. The van der Waals surface area contributed by atoms with Crippen LogP contribution in [0.1, 0.15) is 33.6 Å². The lowest BCUT2D eigenvalue weighted by molar-refractivity contribution is -0.159. The lowest BCUT2D eigenvalue weighted by atomic mass is 10.1. The highest BCUT2D eigenvalue weighted by Gasteiger charge is 2.37. The molecule has 0 radical (unpaired) electrons. The van der Waals surface area contributed by atoms with Gasteiger partial charge in [0.1, 0.15) is 18.8 Å². The predicted octanol–water partition coefficient (Wildman–Crippen LogP) is -0.120. The standard InChI is InChI=1S/C12H19NO5/c1-12(2,3)18-11(17)6-13-8(9(15)7-14)4-5-10(13)16/h8,14H,4-7H2,1-3H3/t8-/m0/s1. The Kier molecular flexibility index (Phi) is 4.45. The molecule has 1 saturated heterocycles. The first kappa shape index (κ1) is 14.6. The minimum absolute atomic E-state index is 0.221. The van der Waals surface area contributed by atoms with Gasteiger partial charge in [-0.2, -0.15) is 0 Å². The van der Waals surface area contributed by atoms with Crippen LogP contribution in [-0.4, -0.2) is 52.5 Å². The number of hydrogen-bond donors (Lipinski definition) is 1. The largest absolute Gasteiger partial charge is 0.459 e. The molecule has 0 spiro atoms. The molecule has 6 nitrogen and oxygen atoms in total. The maximum atomic E-state index is 11.6. The van der Waals surface area contributed by atoms with Crippen molar-refractivity contribution >= 4 is 17.7 Å². The molecule has 1 aliphatic rings. The fraction of sp³-hybridized carbons (Fsp3) is 0.750. The molecule has 1 fully saturated rings. The van der Waals surface area contributed by atoms with Gasteiger partial charge in [0, 0.05) is 6.42 Å². The Morgan fingerprint density at radius 3 is 2.56 bits per heavy atom. The van der Waals surface area contributed by atoms with Crippen LogP contribution in [0.2, 0.25) is 0 Å². The zero-order valence-electron chi connectivity index (χ0n) is 10.9. The van der Waals surface area contributed by atoms with Crippen molar-refractivity contribution < 1.29 is 24.2 Å². The Morgan fingerprint density at radius 1 is 1.44 bits per heavy atom. The van der Waals surface area contributed by atoms with Gasteiger partial charge in [-0.15, -0.1) is 0 Å². The smallest absolute Gasteiger partial charge is 0.326 e.